The van der Waals surface area contributed by atoms with Crippen LogP contribution in [0.25, 0.3) is 0 Å². The Morgan fingerprint density at radius 3 is 2.67 bits per heavy atom. The molecule has 6 heteroatoms. The van der Waals surface area contributed by atoms with Gasteiger partial charge in [-0.25, -0.2) is 4.79 Å². The van der Waals surface area contributed by atoms with E-state index in [1.54, 1.807) is 20.8 Å². The van der Waals surface area contributed by atoms with Crippen molar-refractivity contribution in [3.05, 3.63) is 28.2 Å². The molecule has 1 aromatic rings. The molecule has 1 atom stereocenters. The summed E-state index contributed by atoms with van der Waals surface area (Å²) in [7, 11) is 0. The van der Waals surface area contributed by atoms with Crippen LogP contribution in [0, 0.1) is 0 Å². The van der Waals surface area contributed by atoms with Crippen LogP contribution in [0.4, 0.5) is 10.5 Å². The number of aryl methyl sites for hydroxylation is 1. The maximum Gasteiger partial charge on any atom is 0.408 e. The third kappa shape index (κ3) is 3.37. The van der Waals surface area contributed by atoms with Gasteiger partial charge in [-0.2, -0.15) is 0 Å². The Hall–Kier alpha value is -1.56. The second-order valence-electron chi connectivity index (χ2n) is 6.17. The van der Waals surface area contributed by atoms with Gasteiger partial charge in [0.1, 0.15) is 6.04 Å². The molecule has 1 aromatic carbocycles. The summed E-state index contributed by atoms with van der Waals surface area (Å²) in [5, 5.41) is 12.3. The van der Waals surface area contributed by atoms with Crippen molar-refractivity contribution in [1.29, 1.82) is 0 Å². The minimum absolute atomic E-state index is 0.270. The Morgan fingerprint density at radius 2 is 2.10 bits per heavy atom. The van der Waals surface area contributed by atoms with Gasteiger partial charge in [-0.05, 0) is 57.4 Å². The molecule has 5 nitrogen and oxygen atoms in total. The van der Waals surface area contributed by atoms with Gasteiger partial charge in [-0.3, -0.25) is 9.69 Å². The summed E-state index contributed by atoms with van der Waals surface area (Å²) >= 11 is 3.41. The van der Waals surface area contributed by atoms with E-state index in [1.165, 1.54) is 4.90 Å². The largest absolute Gasteiger partial charge is 0.465 e. The van der Waals surface area contributed by atoms with Crippen molar-refractivity contribution in [3.8, 4) is 0 Å². The fraction of sp³-hybridized carbons (Fsp3) is 0.467. The molecule has 2 rings (SSSR count). The van der Waals surface area contributed by atoms with Crippen LogP contribution < -0.4 is 5.32 Å². The smallest absolute Gasteiger partial charge is 0.408 e. The summed E-state index contributed by atoms with van der Waals surface area (Å²) in [4.78, 5) is 25.2. The van der Waals surface area contributed by atoms with E-state index in [0.29, 0.717) is 12.8 Å². The molecule has 1 aliphatic heterocycles. The number of rotatable bonds is 1. The van der Waals surface area contributed by atoms with E-state index >= 15 is 0 Å². The maximum absolute atomic E-state index is 12.4. The molecular formula is C15H19BrN2O3. The van der Waals surface area contributed by atoms with Crippen molar-refractivity contribution in [1.82, 2.24) is 4.90 Å². The highest BCUT2D eigenvalue weighted by Gasteiger charge is 2.38. The minimum atomic E-state index is -1.07. The van der Waals surface area contributed by atoms with Crippen LogP contribution in [0.5, 0.6) is 0 Å². The first kappa shape index (κ1) is 15.8. The summed E-state index contributed by atoms with van der Waals surface area (Å²) in [6.45, 7) is 5.38. The molecule has 21 heavy (non-hydrogen) atoms. The molecular weight excluding hydrogens is 336 g/mol. The van der Waals surface area contributed by atoms with Gasteiger partial charge in [0, 0.05) is 15.7 Å². The Balaban J connectivity index is 2.33. The number of nitrogens with one attached hydrogen (secondary N) is 1. The fourth-order valence-corrected chi connectivity index (χ4v) is 3.07. The lowest BCUT2D eigenvalue weighted by molar-refractivity contribution is -0.122. The molecule has 0 spiro atoms. The molecule has 2 amide bonds. The number of benzene rings is 1. The fourth-order valence-electron chi connectivity index (χ4n) is 2.66. The second-order valence-corrected chi connectivity index (χ2v) is 7.08. The lowest BCUT2D eigenvalue weighted by atomic mass is 9.99. The van der Waals surface area contributed by atoms with E-state index < -0.39 is 17.7 Å². The van der Waals surface area contributed by atoms with Crippen LogP contribution in [-0.2, 0) is 11.2 Å². The number of fused-ring (bicyclic) bond motifs is 1. The van der Waals surface area contributed by atoms with E-state index in [0.717, 1.165) is 15.7 Å². The Bertz CT molecular complexity index is 581. The van der Waals surface area contributed by atoms with Gasteiger partial charge in [0.2, 0.25) is 5.91 Å². The molecule has 0 aliphatic carbocycles. The van der Waals surface area contributed by atoms with Crippen molar-refractivity contribution in [2.45, 2.75) is 45.2 Å². The van der Waals surface area contributed by atoms with Gasteiger partial charge in [-0.15, -0.1) is 0 Å². The van der Waals surface area contributed by atoms with Crippen LogP contribution >= 0.6 is 15.9 Å². The van der Waals surface area contributed by atoms with Gasteiger partial charge in [0.25, 0.3) is 0 Å². The Morgan fingerprint density at radius 1 is 1.43 bits per heavy atom. The average molecular weight is 355 g/mol. The molecule has 0 fully saturated rings. The molecule has 0 saturated heterocycles. The van der Waals surface area contributed by atoms with E-state index in [1.807, 2.05) is 18.2 Å². The average Bonchev–Trinajstić information content (AvgIpc) is 2.48. The van der Waals surface area contributed by atoms with Gasteiger partial charge >= 0.3 is 6.09 Å². The lowest BCUT2D eigenvalue weighted by Gasteiger charge is -2.38. The number of nitrogens with zero attached hydrogens (tertiary/aromatic N) is 1. The number of carbonyl (C=O) groups excluding carboxylic acids is 1. The first-order valence-electron chi connectivity index (χ1n) is 6.81. The summed E-state index contributed by atoms with van der Waals surface area (Å²) in [6.07, 6.45) is 0.0476. The van der Waals surface area contributed by atoms with E-state index in [9.17, 15) is 14.7 Å². The molecule has 0 aromatic heterocycles. The van der Waals surface area contributed by atoms with Crippen molar-refractivity contribution in [2.75, 3.05) is 5.32 Å². The number of carboxylic acid groups (broad SMARTS) is 1. The quantitative estimate of drug-likeness (QED) is 0.810. The molecule has 114 valence electrons. The second kappa shape index (κ2) is 5.67. The predicted molar refractivity (Wildman–Crippen MR) is 84.5 cm³/mol. The molecule has 0 unspecified atom stereocenters. The van der Waals surface area contributed by atoms with Crippen LogP contribution in [-0.4, -0.2) is 33.6 Å². The Labute approximate surface area is 132 Å². The zero-order chi connectivity index (χ0) is 15.8. The number of carbonyl (C=O) groups is 2. The first-order chi connectivity index (χ1) is 9.70. The zero-order valence-corrected chi connectivity index (χ0v) is 13.9. The van der Waals surface area contributed by atoms with E-state index in [2.05, 4.69) is 21.2 Å². The highest BCUT2D eigenvalue weighted by Crippen LogP contribution is 2.29. The van der Waals surface area contributed by atoms with Crippen molar-refractivity contribution >= 4 is 33.6 Å². The number of amides is 2. The van der Waals surface area contributed by atoms with Gasteiger partial charge in [0.05, 0.1) is 0 Å². The normalized spacial score (nSPS) is 18.5. The number of anilines is 1. The standard InChI is InChI=1S/C15H19BrN2O3/c1-15(2,3)18(14(20)21)12-7-4-9-8-10(16)5-6-11(9)17-13(12)19/h5-6,8,12H,4,7H2,1-3H3,(H,17,19)(H,20,21)/t12-/m0/s1. The van der Waals surface area contributed by atoms with Gasteiger partial charge in [-0.1, -0.05) is 15.9 Å². The van der Waals surface area contributed by atoms with Crippen LogP contribution in [0.3, 0.4) is 0 Å². The number of halogens is 1. The molecule has 1 heterocycles. The van der Waals surface area contributed by atoms with Crippen LogP contribution in [0.1, 0.15) is 32.8 Å². The van der Waals surface area contributed by atoms with Crippen molar-refractivity contribution < 1.29 is 14.7 Å². The Kier molecular flexibility index (Phi) is 4.27. The summed E-state index contributed by atoms with van der Waals surface area (Å²) in [5.74, 6) is -0.270. The SMILES string of the molecule is CC(C)(C)N(C(=O)O)[C@H]1CCc2cc(Br)ccc2NC1=O. The third-order valence-electron chi connectivity index (χ3n) is 3.56. The number of hydrogen-bond acceptors (Lipinski definition) is 2. The van der Waals surface area contributed by atoms with Crippen LogP contribution in [0.15, 0.2) is 22.7 Å². The van der Waals surface area contributed by atoms with Crippen LogP contribution in [0.2, 0.25) is 0 Å². The number of hydrogen-bond donors (Lipinski definition) is 2. The molecule has 0 saturated carbocycles. The van der Waals surface area contributed by atoms with Gasteiger partial charge in [0.15, 0.2) is 0 Å². The predicted octanol–water partition coefficient (Wildman–Crippen LogP) is 3.48. The first-order valence-corrected chi connectivity index (χ1v) is 7.61. The monoisotopic (exact) mass is 354 g/mol. The molecule has 0 radical (unpaired) electrons. The summed E-state index contributed by atoms with van der Waals surface area (Å²) < 4.78 is 0.944. The van der Waals surface area contributed by atoms with Gasteiger partial charge < -0.3 is 10.4 Å². The van der Waals surface area contributed by atoms with E-state index in [4.69, 9.17) is 0 Å². The van der Waals surface area contributed by atoms with Crippen molar-refractivity contribution in [3.63, 3.8) is 0 Å². The van der Waals surface area contributed by atoms with E-state index in [-0.39, 0.29) is 5.91 Å². The molecule has 2 N–H and O–H groups in total. The summed E-state index contributed by atoms with van der Waals surface area (Å²) in [5.41, 5.74) is 1.13. The minimum Gasteiger partial charge on any atom is -0.465 e. The lowest BCUT2D eigenvalue weighted by Crippen LogP contribution is -2.55. The highest BCUT2D eigenvalue weighted by atomic mass is 79.9. The summed E-state index contributed by atoms with van der Waals surface area (Å²) in [6, 6.07) is 4.97. The maximum atomic E-state index is 12.4. The topological polar surface area (TPSA) is 69.6 Å². The molecule has 1 aliphatic rings. The zero-order valence-electron chi connectivity index (χ0n) is 12.3. The highest BCUT2D eigenvalue weighted by molar-refractivity contribution is 9.10. The molecule has 0 bridgehead atoms. The van der Waals surface area contributed by atoms with Crippen molar-refractivity contribution in [2.24, 2.45) is 0 Å². The third-order valence-corrected chi connectivity index (χ3v) is 4.05.